The van der Waals surface area contributed by atoms with Crippen LogP contribution in [-0.4, -0.2) is 13.7 Å². The Morgan fingerprint density at radius 1 is 0.246 bits per heavy atom. The number of rotatable bonds is 3. The van der Waals surface area contributed by atoms with Gasteiger partial charge in [-0.05, 0) is 117 Å². The van der Waals surface area contributed by atoms with Crippen LogP contribution in [0.1, 0.15) is 0 Å². The fourth-order valence-electron chi connectivity index (χ4n) is 9.24. The SMILES string of the molecule is c1ccc(-n2c3cccc(c3)c3cccc(c3)n(-c3cccc4c5ccccc5n(-c5cccc6ccccc56)c34)c3ccc4ccc5ccc2cc5c4c3)cc1. The third-order valence-electron chi connectivity index (χ3n) is 11.8. The summed E-state index contributed by atoms with van der Waals surface area (Å²) in [6.45, 7) is 0. The highest BCUT2D eigenvalue weighted by atomic mass is 15.0. The van der Waals surface area contributed by atoms with Crippen LogP contribution in [0.5, 0.6) is 0 Å². The third-order valence-corrected chi connectivity index (χ3v) is 11.8. The standard InChI is InChI=1S/C54H35N3/c1-2-16-41(17-3-1)55-42-18-8-14-39(32-42)40-15-9-19-43(33-40)56(45-31-29-38-27-26-37-28-30-44(55)34-49(37)50(38)35-45)53-25-11-22-48-47-21-6-7-23-52(47)57(54(48)53)51-24-10-13-36-12-4-5-20-46(36)51/h1-35H. The van der Waals surface area contributed by atoms with Crippen molar-refractivity contribution in [1.29, 1.82) is 0 Å². The molecule has 0 spiro atoms. The Bertz CT molecular complexity index is 3630. The molecule has 3 heteroatoms. The van der Waals surface area contributed by atoms with Crippen LogP contribution in [0.2, 0.25) is 0 Å². The molecule has 3 nitrogen and oxygen atoms in total. The second-order valence-electron chi connectivity index (χ2n) is 15.0. The Labute approximate surface area is 328 Å². The molecule has 266 valence electrons. The highest BCUT2D eigenvalue weighted by Gasteiger charge is 2.19. The summed E-state index contributed by atoms with van der Waals surface area (Å²) in [5.41, 5.74) is 10.2. The van der Waals surface area contributed by atoms with E-state index in [1.165, 1.54) is 59.8 Å². The van der Waals surface area contributed by atoms with E-state index in [0.29, 0.717) is 0 Å². The summed E-state index contributed by atoms with van der Waals surface area (Å²) in [5.74, 6) is 0. The van der Waals surface area contributed by atoms with Gasteiger partial charge in [-0.3, -0.25) is 0 Å². The van der Waals surface area contributed by atoms with E-state index in [1.807, 2.05) is 0 Å². The molecule has 0 fully saturated rings. The van der Waals surface area contributed by atoms with E-state index in [9.17, 15) is 0 Å². The Hall–Kier alpha value is -7.62. The highest BCUT2D eigenvalue weighted by Crippen LogP contribution is 2.39. The number of nitrogens with zero attached hydrogens (tertiary/aromatic N) is 3. The quantitative estimate of drug-likeness (QED) is 0.161. The molecule has 12 rings (SSSR count). The van der Waals surface area contributed by atoms with E-state index < -0.39 is 0 Å². The van der Waals surface area contributed by atoms with Crippen molar-refractivity contribution in [2.75, 3.05) is 0 Å². The van der Waals surface area contributed by atoms with Crippen LogP contribution in [0.25, 0.3) is 104 Å². The van der Waals surface area contributed by atoms with Crippen LogP contribution in [0.15, 0.2) is 212 Å². The van der Waals surface area contributed by atoms with E-state index >= 15 is 0 Å². The van der Waals surface area contributed by atoms with Gasteiger partial charge >= 0.3 is 0 Å². The first-order chi connectivity index (χ1) is 28.3. The maximum absolute atomic E-state index is 2.49. The predicted molar refractivity (Wildman–Crippen MR) is 242 cm³/mol. The van der Waals surface area contributed by atoms with Crippen molar-refractivity contribution in [3.63, 3.8) is 0 Å². The van der Waals surface area contributed by atoms with Crippen LogP contribution in [-0.2, 0) is 0 Å². The maximum Gasteiger partial charge on any atom is 0.0782 e. The number of aromatic nitrogens is 3. The number of para-hydroxylation sites is 3. The molecule has 10 aromatic carbocycles. The lowest BCUT2D eigenvalue weighted by Gasteiger charge is -2.18. The Kier molecular flexibility index (Phi) is 6.93. The molecule has 0 aliphatic carbocycles. The average Bonchev–Trinajstić information content (AvgIpc) is 3.61. The van der Waals surface area contributed by atoms with Crippen LogP contribution < -0.4 is 0 Å². The summed E-state index contributed by atoms with van der Waals surface area (Å²) in [5, 5.41) is 12.1. The van der Waals surface area contributed by atoms with E-state index in [4.69, 9.17) is 0 Å². The number of benzene rings is 10. The monoisotopic (exact) mass is 725 g/mol. The molecule has 12 aromatic rings. The van der Waals surface area contributed by atoms with Gasteiger partial charge in [0.05, 0.1) is 22.4 Å². The molecule has 2 aromatic heterocycles. The Morgan fingerprint density at radius 3 is 1.49 bits per heavy atom. The van der Waals surface area contributed by atoms with Crippen LogP contribution in [0, 0.1) is 0 Å². The number of fused-ring (bicyclic) bond motifs is 11. The Balaban J connectivity index is 1.30. The smallest absolute Gasteiger partial charge is 0.0782 e. The molecule has 0 radical (unpaired) electrons. The molecule has 0 atom stereocenters. The van der Waals surface area contributed by atoms with Gasteiger partial charge < -0.3 is 13.7 Å². The molecule has 57 heavy (non-hydrogen) atoms. The van der Waals surface area contributed by atoms with Crippen LogP contribution in [0.4, 0.5) is 0 Å². The normalized spacial score (nSPS) is 11.9. The molecule has 0 saturated carbocycles. The van der Waals surface area contributed by atoms with Gasteiger partial charge in [-0.2, -0.15) is 0 Å². The zero-order valence-corrected chi connectivity index (χ0v) is 31.0. The highest BCUT2D eigenvalue weighted by molar-refractivity contribution is 6.14. The van der Waals surface area contributed by atoms with Gasteiger partial charge in [-0.1, -0.05) is 133 Å². The molecule has 0 saturated heterocycles. The number of hydrogen-bond acceptors (Lipinski definition) is 0. The lowest BCUT2D eigenvalue weighted by Crippen LogP contribution is -2.02. The van der Waals surface area contributed by atoms with E-state index in [1.54, 1.807) is 0 Å². The summed E-state index contributed by atoms with van der Waals surface area (Å²) in [6, 6.07) is 78.1. The fraction of sp³-hybridized carbons (Fsp3) is 0. The zero-order chi connectivity index (χ0) is 37.5. The lowest BCUT2D eigenvalue weighted by molar-refractivity contribution is 1.13. The minimum atomic E-state index is 1.09. The molecule has 0 aliphatic heterocycles. The molecule has 8 bridgehead atoms. The van der Waals surface area contributed by atoms with Gasteiger partial charge in [0.2, 0.25) is 0 Å². The van der Waals surface area contributed by atoms with Gasteiger partial charge in [0.1, 0.15) is 0 Å². The van der Waals surface area contributed by atoms with Crippen molar-refractivity contribution in [3.05, 3.63) is 212 Å². The maximum atomic E-state index is 2.49. The minimum Gasteiger partial charge on any atom is -0.310 e. The topological polar surface area (TPSA) is 14.8 Å². The third kappa shape index (κ3) is 4.92. The van der Waals surface area contributed by atoms with Gasteiger partial charge in [0, 0.05) is 43.9 Å². The largest absolute Gasteiger partial charge is 0.310 e. The molecular weight excluding hydrogens is 691 g/mol. The van der Waals surface area contributed by atoms with Gasteiger partial charge in [-0.15, -0.1) is 0 Å². The first kappa shape index (κ1) is 31.7. The first-order valence-corrected chi connectivity index (χ1v) is 19.6. The minimum absolute atomic E-state index is 1.09. The van der Waals surface area contributed by atoms with Crippen molar-refractivity contribution in [3.8, 4) is 17.1 Å². The van der Waals surface area contributed by atoms with Gasteiger partial charge in [0.15, 0.2) is 0 Å². The van der Waals surface area contributed by atoms with E-state index in [2.05, 4.69) is 226 Å². The molecular formula is C54H35N3. The lowest BCUT2D eigenvalue weighted by atomic mass is 10.0. The summed E-state index contributed by atoms with van der Waals surface area (Å²) in [4.78, 5) is 0. The van der Waals surface area contributed by atoms with Crippen molar-refractivity contribution in [2.45, 2.75) is 0 Å². The molecule has 2 heterocycles. The average molecular weight is 726 g/mol. The van der Waals surface area contributed by atoms with Crippen molar-refractivity contribution >= 4 is 87.0 Å². The second kappa shape index (κ2) is 12.5. The summed E-state index contributed by atoms with van der Waals surface area (Å²) in [6.07, 6.45) is 0. The summed E-state index contributed by atoms with van der Waals surface area (Å²) < 4.78 is 7.34. The predicted octanol–water partition coefficient (Wildman–Crippen LogP) is 14.4. The second-order valence-corrected chi connectivity index (χ2v) is 15.0. The summed E-state index contributed by atoms with van der Waals surface area (Å²) in [7, 11) is 0. The van der Waals surface area contributed by atoms with Crippen molar-refractivity contribution in [2.24, 2.45) is 0 Å². The Morgan fingerprint density at radius 2 is 0.737 bits per heavy atom. The van der Waals surface area contributed by atoms with Crippen molar-refractivity contribution < 1.29 is 0 Å². The van der Waals surface area contributed by atoms with E-state index in [-0.39, 0.29) is 0 Å². The van der Waals surface area contributed by atoms with Gasteiger partial charge in [-0.25, -0.2) is 0 Å². The molecule has 0 N–H and O–H groups in total. The van der Waals surface area contributed by atoms with E-state index in [0.717, 1.165) is 44.2 Å². The van der Waals surface area contributed by atoms with Crippen molar-refractivity contribution in [1.82, 2.24) is 13.7 Å². The molecule has 0 aliphatic rings. The number of hydrogen-bond donors (Lipinski definition) is 0. The molecule has 0 amide bonds. The van der Waals surface area contributed by atoms with Gasteiger partial charge in [0.25, 0.3) is 0 Å². The fourth-order valence-corrected chi connectivity index (χ4v) is 9.24. The van der Waals surface area contributed by atoms with Crippen LogP contribution >= 0.6 is 0 Å². The summed E-state index contributed by atoms with van der Waals surface area (Å²) >= 11 is 0. The first-order valence-electron chi connectivity index (χ1n) is 19.6. The zero-order valence-electron chi connectivity index (χ0n) is 31.0. The molecule has 0 unspecified atom stereocenters. The van der Waals surface area contributed by atoms with Crippen LogP contribution in [0.3, 0.4) is 0 Å².